The Bertz CT molecular complexity index is 1240. The molecule has 5 nitrogen and oxygen atoms in total. The smallest absolute Gasteiger partial charge is 0.143 e. The van der Waals surface area contributed by atoms with Crippen LogP contribution in [0, 0.1) is 12.7 Å². The van der Waals surface area contributed by atoms with Gasteiger partial charge in [-0.3, -0.25) is 5.01 Å². The molecule has 0 N–H and O–H groups in total. The lowest BCUT2D eigenvalue weighted by molar-refractivity contribution is 0.198. The highest BCUT2D eigenvalue weighted by atomic mass is 19.1. The summed E-state index contributed by atoms with van der Waals surface area (Å²) in [4.78, 5) is 4.33. The van der Waals surface area contributed by atoms with Crippen LogP contribution < -0.4 is 9.75 Å². The maximum Gasteiger partial charge on any atom is 0.143 e. The Morgan fingerprint density at radius 2 is 1.89 bits per heavy atom. The standard InChI is InChI=1S/C28H33FN4O.C3H6/c1-6-21(3)33(26-12-10-25(29)11-13-26)32-15-7-8-24(22(32)4)16-23-9-14-27(28(17-23)34-5)31-18-20(2)30-19-31;1-3-2/h6,9-14,16-19,22H,7-8,15H2,1-5H3;3H,1H2,2H3/b21-6-,24-16+;. The number of ether oxygens (including phenoxy) is 1. The second-order valence-electron chi connectivity index (χ2n) is 9.14. The molecule has 6 heteroatoms. The van der Waals surface area contributed by atoms with Crippen molar-refractivity contribution in [2.24, 2.45) is 0 Å². The van der Waals surface area contributed by atoms with Gasteiger partial charge in [-0.05, 0) is 89.4 Å². The molecule has 0 bridgehead atoms. The minimum Gasteiger partial charge on any atom is -0.495 e. The van der Waals surface area contributed by atoms with Crippen LogP contribution in [0.1, 0.15) is 51.8 Å². The second-order valence-corrected chi connectivity index (χ2v) is 9.14. The zero-order valence-electron chi connectivity index (χ0n) is 22.9. The number of imidazole rings is 1. The van der Waals surface area contributed by atoms with E-state index in [0.29, 0.717) is 0 Å². The van der Waals surface area contributed by atoms with E-state index in [-0.39, 0.29) is 11.9 Å². The molecule has 1 atom stereocenters. The van der Waals surface area contributed by atoms with Crippen LogP contribution in [0.5, 0.6) is 5.75 Å². The highest BCUT2D eigenvalue weighted by Gasteiger charge is 2.29. The van der Waals surface area contributed by atoms with E-state index in [1.54, 1.807) is 19.5 Å². The summed E-state index contributed by atoms with van der Waals surface area (Å²) in [5.41, 5.74) is 6.47. The quantitative estimate of drug-likeness (QED) is 0.323. The lowest BCUT2D eigenvalue weighted by Crippen LogP contribution is -2.50. The fourth-order valence-corrected chi connectivity index (χ4v) is 4.53. The van der Waals surface area contributed by atoms with Gasteiger partial charge in [-0.2, -0.15) is 0 Å². The molecular formula is C31H39FN4O. The Morgan fingerprint density at radius 3 is 2.49 bits per heavy atom. The van der Waals surface area contributed by atoms with Gasteiger partial charge in [-0.15, -0.1) is 6.58 Å². The maximum atomic E-state index is 13.6. The van der Waals surface area contributed by atoms with E-state index in [0.717, 1.165) is 53.5 Å². The monoisotopic (exact) mass is 502 g/mol. The van der Waals surface area contributed by atoms with Gasteiger partial charge in [0.25, 0.3) is 0 Å². The number of methoxy groups -OCH3 is 1. The fourth-order valence-electron chi connectivity index (χ4n) is 4.53. The molecule has 196 valence electrons. The number of benzene rings is 2. The predicted molar refractivity (Wildman–Crippen MR) is 152 cm³/mol. The molecule has 2 aromatic carbocycles. The summed E-state index contributed by atoms with van der Waals surface area (Å²) < 4.78 is 21.3. The van der Waals surface area contributed by atoms with E-state index in [9.17, 15) is 4.39 Å². The number of hydrogen-bond donors (Lipinski definition) is 0. The van der Waals surface area contributed by atoms with Crippen LogP contribution in [0.2, 0.25) is 0 Å². The number of hydrogen-bond acceptors (Lipinski definition) is 4. The van der Waals surface area contributed by atoms with Crippen molar-refractivity contribution in [3.8, 4) is 11.4 Å². The van der Waals surface area contributed by atoms with Gasteiger partial charge in [-0.1, -0.05) is 29.9 Å². The molecule has 1 aliphatic heterocycles. The number of piperidine rings is 1. The molecule has 1 saturated heterocycles. The van der Waals surface area contributed by atoms with E-state index < -0.39 is 0 Å². The molecule has 3 aromatic rings. The van der Waals surface area contributed by atoms with Gasteiger partial charge in [0.1, 0.15) is 11.6 Å². The Morgan fingerprint density at radius 1 is 1.19 bits per heavy atom. The van der Waals surface area contributed by atoms with Crippen molar-refractivity contribution in [3.63, 3.8) is 0 Å². The highest BCUT2D eigenvalue weighted by Crippen LogP contribution is 2.33. The number of allylic oxidation sites excluding steroid dienone is 3. The van der Waals surface area contributed by atoms with Gasteiger partial charge in [-0.25, -0.2) is 14.4 Å². The van der Waals surface area contributed by atoms with E-state index in [1.165, 1.54) is 17.7 Å². The average Bonchev–Trinajstić information content (AvgIpc) is 3.33. The van der Waals surface area contributed by atoms with Crippen LogP contribution in [0.15, 0.2) is 85.0 Å². The lowest BCUT2D eigenvalue weighted by Gasteiger charge is -2.44. The van der Waals surface area contributed by atoms with Gasteiger partial charge >= 0.3 is 0 Å². The van der Waals surface area contributed by atoms with E-state index >= 15 is 0 Å². The third kappa shape index (κ3) is 6.77. The van der Waals surface area contributed by atoms with Crippen LogP contribution in [0.3, 0.4) is 0 Å². The molecule has 4 rings (SSSR count). The fraction of sp³-hybridized carbons (Fsp3) is 0.323. The Labute approximate surface area is 221 Å². The molecule has 0 aliphatic carbocycles. The first-order chi connectivity index (χ1) is 17.8. The Hall–Kier alpha value is -3.64. The van der Waals surface area contributed by atoms with Crippen molar-refractivity contribution in [1.82, 2.24) is 14.6 Å². The molecular weight excluding hydrogens is 463 g/mol. The third-order valence-electron chi connectivity index (χ3n) is 6.46. The summed E-state index contributed by atoms with van der Waals surface area (Å²) in [6.45, 7) is 14.5. The van der Waals surface area contributed by atoms with Gasteiger partial charge in [0.15, 0.2) is 0 Å². The van der Waals surface area contributed by atoms with E-state index in [2.05, 4.69) is 65.8 Å². The number of hydrazine groups is 1. The Kier molecular flexibility index (Phi) is 9.86. The molecule has 0 radical (unpaired) electrons. The highest BCUT2D eigenvalue weighted by molar-refractivity contribution is 5.61. The molecule has 0 saturated carbocycles. The van der Waals surface area contributed by atoms with Gasteiger partial charge in [0.2, 0.25) is 0 Å². The largest absolute Gasteiger partial charge is 0.495 e. The summed E-state index contributed by atoms with van der Waals surface area (Å²) in [6.07, 6.45) is 12.0. The minimum atomic E-state index is -0.225. The number of aryl methyl sites for hydroxylation is 1. The second kappa shape index (κ2) is 13.1. The molecule has 0 amide bonds. The predicted octanol–water partition coefficient (Wildman–Crippen LogP) is 7.73. The average molecular weight is 503 g/mol. The third-order valence-corrected chi connectivity index (χ3v) is 6.46. The molecule has 2 heterocycles. The van der Waals surface area contributed by atoms with Crippen LogP contribution in [0.4, 0.5) is 10.1 Å². The van der Waals surface area contributed by atoms with Gasteiger partial charge in [0, 0.05) is 24.5 Å². The topological polar surface area (TPSA) is 33.5 Å². The SMILES string of the molecule is C/C=C(/C)N(c1ccc(F)cc1)N1CCC/C(=C\c2ccc(-n3cnc(C)c3)c(OC)c2)C1C.C=CC. The van der Waals surface area contributed by atoms with Crippen molar-refractivity contribution in [3.05, 3.63) is 102 Å². The number of rotatable bonds is 6. The van der Waals surface area contributed by atoms with Gasteiger partial charge < -0.3 is 9.30 Å². The zero-order valence-corrected chi connectivity index (χ0v) is 22.9. The lowest BCUT2D eigenvalue weighted by atomic mass is 9.95. The first-order valence-corrected chi connectivity index (χ1v) is 12.7. The summed E-state index contributed by atoms with van der Waals surface area (Å²) in [5.74, 6) is 0.585. The molecule has 1 fully saturated rings. The summed E-state index contributed by atoms with van der Waals surface area (Å²) in [5, 5.41) is 4.58. The number of nitrogens with zero attached hydrogens (tertiary/aromatic N) is 4. The zero-order chi connectivity index (χ0) is 26.9. The van der Waals surface area contributed by atoms with Crippen molar-refractivity contribution in [1.29, 1.82) is 0 Å². The van der Waals surface area contributed by atoms with Gasteiger partial charge in [0.05, 0.1) is 30.5 Å². The van der Waals surface area contributed by atoms with Crippen molar-refractivity contribution in [2.45, 2.75) is 53.5 Å². The first kappa shape index (κ1) is 27.9. The number of aromatic nitrogens is 2. The minimum absolute atomic E-state index is 0.190. The normalized spacial score (nSPS) is 17.2. The van der Waals surface area contributed by atoms with Crippen molar-refractivity contribution < 1.29 is 9.13 Å². The van der Waals surface area contributed by atoms with Crippen LogP contribution in [-0.2, 0) is 0 Å². The summed E-state index contributed by atoms with van der Waals surface area (Å²) in [6, 6.07) is 13.2. The van der Waals surface area contributed by atoms with Crippen LogP contribution in [0.25, 0.3) is 11.8 Å². The number of halogens is 1. The first-order valence-electron chi connectivity index (χ1n) is 12.7. The molecule has 1 aromatic heterocycles. The summed E-state index contributed by atoms with van der Waals surface area (Å²) in [7, 11) is 1.70. The van der Waals surface area contributed by atoms with Crippen LogP contribution in [-0.4, -0.2) is 34.3 Å². The summed E-state index contributed by atoms with van der Waals surface area (Å²) >= 11 is 0. The Balaban J connectivity index is 0.00000121. The van der Waals surface area contributed by atoms with E-state index in [1.807, 2.05) is 43.7 Å². The van der Waals surface area contributed by atoms with Crippen molar-refractivity contribution in [2.75, 3.05) is 18.7 Å². The molecule has 37 heavy (non-hydrogen) atoms. The van der Waals surface area contributed by atoms with E-state index in [4.69, 9.17) is 4.74 Å². The molecule has 1 unspecified atom stereocenters. The van der Waals surface area contributed by atoms with Crippen LogP contribution >= 0.6 is 0 Å². The number of anilines is 1. The molecule has 0 spiro atoms. The molecule has 1 aliphatic rings. The van der Waals surface area contributed by atoms with Crippen molar-refractivity contribution >= 4 is 11.8 Å². The maximum absolute atomic E-state index is 13.6.